The fourth-order valence-electron chi connectivity index (χ4n) is 3.50. The third kappa shape index (κ3) is 5.94. The first-order valence-corrected chi connectivity index (χ1v) is 9.58. The number of pyridine rings is 1. The molecule has 1 aliphatic heterocycles. The summed E-state index contributed by atoms with van der Waals surface area (Å²) in [5.41, 5.74) is 1.16. The largest absolute Gasteiger partial charge is 0.496 e. The number of ether oxygens (including phenoxy) is 1. The number of anilines is 1. The van der Waals surface area contributed by atoms with Gasteiger partial charge in [0.2, 0.25) is 0 Å². The number of nitrogens with one attached hydrogen (secondary N) is 2. The highest BCUT2D eigenvalue weighted by atomic mass is 127. The maximum Gasteiger partial charge on any atom is 0.191 e. The average molecular weight is 513 g/mol. The molecule has 0 spiro atoms. The highest BCUT2D eigenvalue weighted by Gasteiger charge is 2.26. The third-order valence-corrected chi connectivity index (χ3v) is 5.04. The predicted molar refractivity (Wildman–Crippen MR) is 126 cm³/mol. The standard InChI is InChI=1S/C21H28FN5O.HI/c1-15(17-7-4-5-9-19(17)28-3)13-25-21(23-2)26-16-10-12-27(14-16)20-18(22)8-6-11-24-20;/h4-9,11,15-16H,10,12-14H2,1-3H3,(H2,23,25,26);1H. The van der Waals surface area contributed by atoms with Crippen LogP contribution in [0.2, 0.25) is 0 Å². The minimum absolute atomic E-state index is 0. The van der Waals surface area contributed by atoms with E-state index in [9.17, 15) is 4.39 Å². The van der Waals surface area contributed by atoms with Crippen molar-refractivity contribution in [2.45, 2.75) is 25.3 Å². The van der Waals surface area contributed by atoms with E-state index in [1.54, 1.807) is 26.4 Å². The van der Waals surface area contributed by atoms with E-state index in [0.717, 1.165) is 36.8 Å². The summed E-state index contributed by atoms with van der Waals surface area (Å²) >= 11 is 0. The van der Waals surface area contributed by atoms with Crippen molar-refractivity contribution in [1.82, 2.24) is 15.6 Å². The van der Waals surface area contributed by atoms with Gasteiger partial charge in [-0.05, 0) is 30.2 Å². The van der Waals surface area contributed by atoms with Crippen molar-refractivity contribution in [3.05, 3.63) is 54.0 Å². The number of methoxy groups -OCH3 is 1. The van der Waals surface area contributed by atoms with Gasteiger partial charge in [-0.2, -0.15) is 0 Å². The van der Waals surface area contributed by atoms with Crippen LogP contribution >= 0.6 is 24.0 Å². The molecule has 0 bridgehead atoms. The average Bonchev–Trinajstić information content (AvgIpc) is 3.19. The second-order valence-corrected chi connectivity index (χ2v) is 6.98. The summed E-state index contributed by atoms with van der Waals surface area (Å²) in [4.78, 5) is 10.5. The molecule has 0 amide bonds. The Kier molecular flexibility index (Phi) is 8.94. The first-order valence-electron chi connectivity index (χ1n) is 9.58. The fourth-order valence-corrected chi connectivity index (χ4v) is 3.50. The Morgan fingerprint density at radius 3 is 2.86 bits per heavy atom. The van der Waals surface area contributed by atoms with Gasteiger partial charge in [-0.3, -0.25) is 4.99 Å². The molecule has 2 aromatic rings. The molecule has 1 aromatic heterocycles. The Balaban J connectivity index is 0.00000300. The number of para-hydroxylation sites is 1. The van der Waals surface area contributed by atoms with Crippen molar-refractivity contribution >= 4 is 35.8 Å². The Hall–Kier alpha value is -2.10. The van der Waals surface area contributed by atoms with Crippen LogP contribution in [0.15, 0.2) is 47.6 Å². The van der Waals surface area contributed by atoms with E-state index in [-0.39, 0.29) is 41.8 Å². The van der Waals surface area contributed by atoms with Gasteiger partial charge in [0.1, 0.15) is 5.75 Å². The van der Waals surface area contributed by atoms with Gasteiger partial charge in [0.05, 0.1) is 7.11 Å². The summed E-state index contributed by atoms with van der Waals surface area (Å²) in [5.74, 6) is 2.03. The molecule has 2 N–H and O–H groups in total. The molecule has 1 aliphatic rings. The van der Waals surface area contributed by atoms with Crippen LogP contribution in [0.25, 0.3) is 0 Å². The van der Waals surface area contributed by atoms with Gasteiger partial charge in [0, 0.05) is 44.8 Å². The first kappa shape index (κ1) is 23.2. The number of halogens is 2. The van der Waals surface area contributed by atoms with Gasteiger partial charge in [-0.25, -0.2) is 9.37 Å². The summed E-state index contributed by atoms with van der Waals surface area (Å²) in [6.45, 7) is 4.33. The van der Waals surface area contributed by atoms with E-state index in [1.165, 1.54) is 6.07 Å². The summed E-state index contributed by atoms with van der Waals surface area (Å²) in [7, 11) is 3.45. The minimum atomic E-state index is -0.281. The molecule has 1 fully saturated rings. The quantitative estimate of drug-likeness (QED) is 0.353. The molecular weight excluding hydrogens is 484 g/mol. The fraction of sp³-hybridized carbons (Fsp3) is 0.429. The van der Waals surface area contributed by atoms with E-state index in [2.05, 4.69) is 33.6 Å². The van der Waals surface area contributed by atoms with E-state index in [0.29, 0.717) is 12.4 Å². The molecule has 6 nitrogen and oxygen atoms in total. The lowest BCUT2D eigenvalue weighted by atomic mass is 10.0. The van der Waals surface area contributed by atoms with Gasteiger partial charge >= 0.3 is 0 Å². The van der Waals surface area contributed by atoms with Gasteiger partial charge in [-0.15, -0.1) is 24.0 Å². The van der Waals surface area contributed by atoms with E-state index < -0.39 is 0 Å². The lowest BCUT2D eigenvalue weighted by Crippen LogP contribution is -2.45. The lowest BCUT2D eigenvalue weighted by molar-refractivity contribution is 0.406. The third-order valence-electron chi connectivity index (χ3n) is 5.04. The Bertz CT molecular complexity index is 819. The van der Waals surface area contributed by atoms with E-state index >= 15 is 0 Å². The second kappa shape index (κ2) is 11.2. The number of aliphatic imine (C=N–C) groups is 1. The number of nitrogens with zero attached hydrogens (tertiary/aromatic N) is 3. The summed E-state index contributed by atoms with van der Waals surface area (Å²) in [6.07, 6.45) is 2.53. The van der Waals surface area contributed by atoms with Crippen LogP contribution in [0.1, 0.15) is 24.8 Å². The lowest BCUT2D eigenvalue weighted by Gasteiger charge is -2.21. The summed E-state index contributed by atoms with van der Waals surface area (Å²) in [5, 5.41) is 6.82. The van der Waals surface area contributed by atoms with Gasteiger partial charge in [-0.1, -0.05) is 25.1 Å². The second-order valence-electron chi connectivity index (χ2n) is 6.98. The molecule has 8 heteroatoms. The summed E-state index contributed by atoms with van der Waals surface area (Å²) in [6, 6.07) is 11.3. The minimum Gasteiger partial charge on any atom is -0.496 e. The molecule has 0 saturated carbocycles. The molecule has 1 aromatic carbocycles. The molecule has 2 heterocycles. The molecule has 29 heavy (non-hydrogen) atoms. The maximum absolute atomic E-state index is 14.0. The van der Waals surface area contributed by atoms with Crippen LogP contribution in [0.5, 0.6) is 5.75 Å². The van der Waals surface area contributed by atoms with Crippen LogP contribution in [0.4, 0.5) is 10.2 Å². The first-order chi connectivity index (χ1) is 13.6. The van der Waals surface area contributed by atoms with Crippen LogP contribution in [0, 0.1) is 5.82 Å². The predicted octanol–water partition coefficient (Wildman–Crippen LogP) is 3.39. The zero-order valence-corrected chi connectivity index (χ0v) is 19.4. The number of hydrogen-bond acceptors (Lipinski definition) is 4. The monoisotopic (exact) mass is 513 g/mol. The van der Waals surface area contributed by atoms with Crippen molar-refractivity contribution in [1.29, 1.82) is 0 Å². The molecule has 0 radical (unpaired) electrons. The molecule has 0 aliphatic carbocycles. The number of aromatic nitrogens is 1. The van der Waals surface area contributed by atoms with Crippen LogP contribution in [0.3, 0.4) is 0 Å². The van der Waals surface area contributed by atoms with Crippen molar-refractivity contribution in [3.63, 3.8) is 0 Å². The smallest absolute Gasteiger partial charge is 0.191 e. The van der Waals surface area contributed by atoms with Gasteiger partial charge in [0.15, 0.2) is 17.6 Å². The number of hydrogen-bond donors (Lipinski definition) is 2. The molecule has 158 valence electrons. The Labute approximate surface area is 189 Å². The Morgan fingerprint density at radius 1 is 1.34 bits per heavy atom. The van der Waals surface area contributed by atoms with Crippen LogP contribution in [-0.2, 0) is 0 Å². The zero-order valence-electron chi connectivity index (χ0n) is 17.1. The summed E-state index contributed by atoms with van der Waals surface area (Å²) < 4.78 is 19.4. The van der Waals surface area contributed by atoms with Crippen LogP contribution < -0.4 is 20.3 Å². The highest BCUT2D eigenvalue weighted by Crippen LogP contribution is 2.25. The van der Waals surface area contributed by atoms with Crippen LogP contribution in [-0.4, -0.2) is 50.8 Å². The van der Waals surface area contributed by atoms with Gasteiger partial charge in [0.25, 0.3) is 0 Å². The molecule has 2 atom stereocenters. The topological polar surface area (TPSA) is 61.8 Å². The Morgan fingerprint density at radius 2 is 2.14 bits per heavy atom. The number of rotatable bonds is 6. The normalized spacial score (nSPS) is 17.4. The van der Waals surface area contributed by atoms with Crippen molar-refractivity contribution in [2.75, 3.05) is 38.7 Å². The molecule has 3 rings (SSSR count). The van der Waals surface area contributed by atoms with Gasteiger partial charge < -0.3 is 20.3 Å². The van der Waals surface area contributed by atoms with Crippen molar-refractivity contribution in [2.24, 2.45) is 4.99 Å². The molecular formula is C21H29FIN5O. The van der Waals surface area contributed by atoms with E-state index in [1.807, 2.05) is 23.1 Å². The molecule has 2 unspecified atom stereocenters. The number of guanidine groups is 1. The SMILES string of the molecule is CN=C(NCC(C)c1ccccc1OC)NC1CCN(c2ncccc2F)C1.I. The number of benzene rings is 1. The molecule has 1 saturated heterocycles. The van der Waals surface area contributed by atoms with Crippen molar-refractivity contribution < 1.29 is 9.13 Å². The zero-order chi connectivity index (χ0) is 19.9. The highest BCUT2D eigenvalue weighted by molar-refractivity contribution is 14.0. The van der Waals surface area contributed by atoms with Crippen molar-refractivity contribution in [3.8, 4) is 5.75 Å². The van der Waals surface area contributed by atoms with E-state index in [4.69, 9.17) is 4.74 Å². The maximum atomic E-state index is 14.0.